The molecule has 0 radical (unpaired) electrons. The molecule has 0 aromatic heterocycles. The minimum atomic E-state index is -1.36. The zero-order chi connectivity index (χ0) is 14.2. The first kappa shape index (κ1) is 12.8. The molecule has 2 aromatic carbocycles. The number of aromatic hydroxyl groups is 3. The molecule has 1 fully saturated rings. The molecule has 2 aromatic rings. The van der Waals surface area contributed by atoms with Crippen LogP contribution in [-0.4, -0.2) is 28.5 Å². The molecule has 3 N–H and O–H groups in total. The molecule has 5 nitrogen and oxygen atoms in total. The van der Waals surface area contributed by atoms with Crippen LogP contribution in [0.2, 0.25) is 0 Å². The third kappa shape index (κ3) is 1.88. The van der Waals surface area contributed by atoms with Crippen molar-refractivity contribution in [1.82, 2.24) is 0 Å². The zero-order valence-corrected chi connectivity index (χ0v) is 10.6. The predicted molar refractivity (Wildman–Crippen MR) is 70.6 cm³/mol. The van der Waals surface area contributed by atoms with Crippen LogP contribution in [0.4, 0.5) is 0 Å². The summed E-state index contributed by atoms with van der Waals surface area (Å²) in [5.41, 5.74) is 0.757. The largest absolute Gasteiger partial charge is 0.508 e. The summed E-state index contributed by atoms with van der Waals surface area (Å²) < 4.78 is 11.4. The maximum Gasteiger partial charge on any atom is 0.229 e. The van der Waals surface area contributed by atoms with Crippen molar-refractivity contribution in [1.29, 1.82) is 0 Å². The van der Waals surface area contributed by atoms with Gasteiger partial charge in [-0.25, -0.2) is 0 Å². The van der Waals surface area contributed by atoms with Gasteiger partial charge in [-0.1, -0.05) is 12.1 Å². The van der Waals surface area contributed by atoms with Crippen LogP contribution in [-0.2, 0) is 15.3 Å². The zero-order valence-electron chi connectivity index (χ0n) is 10.6. The fraction of sp³-hybridized carbons (Fsp3) is 0.200. The van der Waals surface area contributed by atoms with E-state index in [0.717, 1.165) is 0 Å². The van der Waals surface area contributed by atoms with E-state index in [2.05, 4.69) is 0 Å². The van der Waals surface area contributed by atoms with Gasteiger partial charge >= 0.3 is 0 Å². The highest BCUT2D eigenvalue weighted by molar-refractivity contribution is 5.49. The first-order valence-electron chi connectivity index (χ1n) is 6.22. The van der Waals surface area contributed by atoms with Crippen LogP contribution in [0.25, 0.3) is 0 Å². The lowest BCUT2D eigenvalue weighted by atomic mass is 9.95. The normalized spacial score (nSPS) is 17.2. The molecule has 104 valence electrons. The summed E-state index contributed by atoms with van der Waals surface area (Å²) in [6.07, 6.45) is 0. The Morgan fingerprint density at radius 3 is 2.10 bits per heavy atom. The molecule has 1 heterocycles. The highest BCUT2D eigenvalue weighted by Gasteiger charge is 2.44. The van der Waals surface area contributed by atoms with E-state index in [0.29, 0.717) is 24.3 Å². The summed E-state index contributed by atoms with van der Waals surface area (Å²) in [5, 5.41) is 29.5. The van der Waals surface area contributed by atoms with E-state index in [-0.39, 0.29) is 17.2 Å². The molecule has 0 aliphatic carbocycles. The smallest absolute Gasteiger partial charge is 0.229 e. The van der Waals surface area contributed by atoms with Gasteiger partial charge in [-0.05, 0) is 24.3 Å². The van der Waals surface area contributed by atoms with E-state index >= 15 is 0 Å². The maximum atomic E-state index is 10.1. The topological polar surface area (TPSA) is 79.2 Å². The van der Waals surface area contributed by atoms with Gasteiger partial charge in [0.2, 0.25) is 5.79 Å². The molecule has 0 saturated carbocycles. The molecule has 1 aliphatic rings. The van der Waals surface area contributed by atoms with E-state index in [1.54, 1.807) is 18.2 Å². The van der Waals surface area contributed by atoms with E-state index in [9.17, 15) is 15.3 Å². The average Bonchev–Trinajstić information content (AvgIpc) is 2.89. The Bertz CT molecular complexity index is 632. The van der Waals surface area contributed by atoms with Crippen molar-refractivity contribution in [3.05, 3.63) is 53.6 Å². The number of phenolic OH excluding ortho intramolecular Hbond substituents is 3. The van der Waals surface area contributed by atoms with Gasteiger partial charge in [-0.3, -0.25) is 0 Å². The number of ether oxygens (including phenoxy) is 2. The highest BCUT2D eigenvalue weighted by atomic mass is 16.7. The van der Waals surface area contributed by atoms with Crippen molar-refractivity contribution < 1.29 is 24.8 Å². The summed E-state index contributed by atoms with van der Waals surface area (Å²) >= 11 is 0. The fourth-order valence-corrected chi connectivity index (χ4v) is 2.42. The van der Waals surface area contributed by atoms with E-state index in [4.69, 9.17) is 9.47 Å². The number of phenols is 3. The molecule has 0 spiro atoms. The molecule has 0 bridgehead atoms. The third-order valence-electron chi connectivity index (χ3n) is 3.29. The molecule has 1 aliphatic heterocycles. The number of para-hydroxylation sites is 1. The van der Waals surface area contributed by atoms with Gasteiger partial charge in [0.15, 0.2) is 0 Å². The van der Waals surface area contributed by atoms with Gasteiger partial charge in [-0.15, -0.1) is 0 Å². The predicted octanol–water partition coefficient (Wildman–Crippen LogP) is 2.05. The van der Waals surface area contributed by atoms with Crippen LogP contribution in [0.3, 0.4) is 0 Å². The van der Waals surface area contributed by atoms with Gasteiger partial charge in [-0.2, -0.15) is 0 Å². The van der Waals surface area contributed by atoms with Crippen molar-refractivity contribution in [3.8, 4) is 17.2 Å². The SMILES string of the molecule is Oc1ccc(C2(c3ccccc3O)OCCO2)c(O)c1. The second kappa shape index (κ2) is 4.70. The molecular formula is C15H14O5. The lowest BCUT2D eigenvalue weighted by molar-refractivity contribution is -0.132. The maximum absolute atomic E-state index is 10.1. The van der Waals surface area contributed by atoms with Crippen molar-refractivity contribution in [2.45, 2.75) is 5.79 Å². The third-order valence-corrected chi connectivity index (χ3v) is 3.29. The fourth-order valence-electron chi connectivity index (χ4n) is 2.42. The van der Waals surface area contributed by atoms with Gasteiger partial charge in [0, 0.05) is 6.07 Å². The Hall–Kier alpha value is -2.24. The molecule has 3 rings (SSSR count). The van der Waals surface area contributed by atoms with Crippen LogP contribution in [0.15, 0.2) is 42.5 Å². The molecule has 20 heavy (non-hydrogen) atoms. The first-order valence-corrected chi connectivity index (χ1v) is 6.22. The lowest BCUT2D eigenvalue weighted by Gasteiger charge is -2.29. The number of hydrogen-bond acceptors (Lipinski definition) is 5. The Morgan fingerprint density at radius 2 is 1.45 bits per heavy atom. The van der Waals surface area contributed by atoms with Gasteiger partial charge < -0.3 is 24.8 Å². The molecule has 0 unspecified atom stereocenters. The Morgan fingerprint density at radius 1 is 0.800 bits per heavy atom. The van der Waals surface area contributed by atoms with Gasteiger partial charge in [0.25, 0.3) is 0 Å². The highest BCUT2D eigenvalue weighted by Crippen LogP contribution is 2.45. The van der Waals surface area contributed by atoms with Crippen molar-refractivity contribution >= 4 is 0 Å². The molecule has 0 atom stereocenters. The second-order valence-corrected chi connectivity index (χ2v) is 4.53. The summed E-state index contributed by atoms with van der Waals surface area (Å²) in [5.74, 6) is -1.56. The summed E-state index contributed by atoms with van der Waals surface area (Å²) in [6.45, 7) is 0.684. The Balaban J connectivity index is 2.20. The van der Waals surface area contributed by atoms with Crippen LogP contribution in [0.1, 0.15) is 11.1 Å². The summed E-state index contributed by atoms with van der Waals surface area (Å²) in [4.78, 5) is 0. The van der Waals surface area contributed by atoms with Gasteiger partial charge in [0.05, 0.1) is 24.3 Å². The molecule has 5 heteroatoms. The van der Waals surface area contributed by atoms with Crippen LogP contribution < -0.4 is 0 Å². The standard InChI is InChI=1S/C15H14O5/c16-10-5-6-12(14(18)9-10)15(19-7-8-20-15)11-3-1-2-4-13(11)17/h1-6,9,16-18H,7-8H2. The van der Waals surface area contributed by atoms with Crippen LogP contribution >= 0.6 is 0 Å². The lowest BCUT2D eigenvalue weighted by Crippen LogP contribution is -2.28. The van der Waals surface area contributed by atoms with Crippen molar-refractivity contribution in [2.24, 2.45) is 0 Å². The van der Waals surface area contributed by atoms with Crippen LogP contribution in [0.5, 0.6) is 17.2 Å². The van der Waals surface area contributed by atoms with Crippen molar-refractivity contribution in [2.75, 3.05) is 13.2 Å². The number of rotatable bonds is 2. The monoisotopic (exact) mass is 274 g/mol. The first-order chi connectivity index (χ1) is 9.63. The van der Waals surface area contributed by atoms with E-state index in [1.165, 1.54) is 24.3 Å². The number of hydrogen-bond donors (Lipinski definition) is 3. The van der Waals surface area contributed by atoms with Crippen molar-refractivity contribution in [3.63, 3.8) is 0 Å². The summed E-state index contributed by atoms with van der Waals surface area (Å²) in [7, 11) is 0. The quantitative estimate of drug-likeness (QED) is 0.781. The number of benzene rings is 2. The molecular weight excluding hydrogens is 260 g/mol. The van der Waals surface area contributed by atoms with E-state index in [1.807, 2.05) is 0 Å². The summed E-state index contributed by atoms with van der Waals surface area (Å²) in [6, 6.07) is 10.8. The van der Waals surface area contributed by atoms with E-state index < -0.39 is 5.79 Å². The molecule has 1 saturated heterocycles. The Kier molecular flexibility index (Phi) is 3.00. The Labute approximate surface area is 115 Å². The van der Waals surface area contributed by atoms with Crippen LogP contribution in [0, 0.1) is 0 Å². The van der Waals surface area contributed by atoms with Gasteiger partial charge in [0.1, 0.15) is 17.2 Å². The molecule has 0 amide bonds. The minimum Gasteiger partial charge on any atom is -0.508 e. The minimum absolute atomic E-state index is 0.0156. The second-order valence-electron chi connectivity index (χ2n) is 4.53. The average molecular weight is 274 g/mol.